The molecule has 2 nitrogen and oxygen atoms in total. The molecule has 0 aliphatic rings. The van der Waals surface area contributed by atoms with Crippen LogP contribution in [0, 0.1) is 0 Å². The van der Waals surface area contributed by atoms with E-state index < -0.39 is 19.2 Å². The maximum atomic E-state index is 11.9. The van der Waals surface area contributed by atoms with Crippen molar-refractivity contribution in [1.29, 1.82) is 0 Å². The number of hydrogen-bond acceptors (Lipinski definition) is 2. The van der Waals surface area contributed by atoms with Crippen molar-refractivity contribution >= 4 is 11.6 Å². The topological polar surface area (TPSA) is 35.2 Å². The van der Waals surface area contributed by atoms with Gasteiger partial charge in [0, 0.05) is 6.04 Å². The zero-order valence-corrected chi connectivity index (χ0v) is 9.98. The van der Waals surface area contributed by atoms with E-state index in [-0.39, 0.29) is 16.8 Å². The Hall–Kier alpha value is -0.940. The lowest BCUT2D eigenvalue weighted by Gasteiger charge is -2.12. The Kier molecular flexibility index (Phi) is 4.65. The Morgan fingerprint density at radius 1 is 1.41 bits per heavy atom. The summed E-state index contributed by atoms with van der Waals surface area (Å²) in [5, 5.41) is 0.266. The van der Waals surface area contributed by atoms with Gasteiger partial charge >= 0.3 is 6.18 Å². The number of alkyl halides is 3. The van der Waals surface area contributed by atoms with Crippen LogP contribution in [0.25, 0.3) is 0 Å². The van der Waals surface area contributed by atoms with Gasteiger partial charge in [0.05, 0.1) is 18.1 Å². The van der Waals surface area contributed by atoms with E-state index in [1.54, 1.807) is 19.1 Å². The molecule has 1 aromatic carbocycles. The fourth-order valence-corrected chi connectivity index (χ4v) is 1.44. The first-order valence-electron chi connectivity index (χ1n) is 5.04. The maximum absolute atomic E-state index is 11.9. The number of benzene rings is 1. The molecule has 0 heterocycles. The molecule has 0 saturated carbocycles. The van der Waals surface area contributed by atoms with Crippen LogP contribution in [0.5, 0.6) is 5.75 Å². The molecule has 17 heavy (non-hydrogen) atoms. The van der Waals surface area contributed by atoms with E-state index in [2.05, 4.69) is 0 Å². The van der Waals surface area contributed by atoms with E-state index in [0.29, 0.717) is 0 Å². The van der Waals surface area contributed by atoms with E-state index in [4.69, 9.17) is 22.1 Å². The summed E-state index contributed by atoms with van der Waals surface area (Å²) in [6.45, 7) is 1.34. The van der Waals surface area contributed by atoms with Crippen molar-refractivity contribution in [2.45, 2.75) is 25.6 Å². The number of nitrogens with two attached hydrogens (primary N) is 1. The minimum atomic E-state index is -4.22. The highest BCUT2D eigenvalue weighted by Crippen LogP contribution is 2.28. The summed E-state index contributed by atoms with van der Waals surface area (Å²) < 4.78 is 40.7. The van der Waals surface area contributed by atoms with Gasteiger partial charge in [-0.2, -0.15) is 13.2 Å². The van der Waals surface area contributed by atoms with Crippen LogP contribution in [0.4, 0.5) is 13.2 Å². The van der Waals surface area contributed by atoms with E-state index >= 15 is 0 Å². The normalized spacial score (nSPS) is 13.5. The Labute approximate surface area is 103 Å². The van der Waals surface area contributed by atoms with Crippen LogP contribution in [-0.2, 0) is 0 Å². The third-order valence-electron chi connectivity index (χ3n) is 2.12. The van der Waals surface area contributed by atoms with E-state index in [9.17, 15) is 13.2 Å². The lowest BCUT2D eigenvalue weighted by molar-refractivity contribution is -0.139. The monoisotopic (exact) mass is 267 g/mol. The first kappa shape index (κ1) is 14.1. The van der Waals surface area contributed by atoms with Crippen LogP contribution in [0.1, 0.15) is 24.9 Å². The lowest BCUT2D eigenvalue weighted by Crippen LogP contribution is -2.13. The van der Waals surface area contributed by atoms with Crippen molar-refractivity contribution in [3.63, 3.8) is 0 Å². The van der Waals surface area contributed by atoms with Crippen molar-refractivity contribution in [2.75, 3.05) is 6.61 Å². The fourth-order valence-electron chi connectivity index (χ4n) is 1.19. The first-order valence-corrected chi connectivity index (χ1v) is 5.42. The average molecular weight is 268 g/mol. The fraction of sp³-hybridized carbons (Fsp3) is 0.455. The largest absolute Gasteiger partial charge is 0.492 e. The molecule has 0 aliphatic carbocycles. The molecule has 0 radical (unpaired) electrons. The minimum absolute atomic E-state index is 0.184. The number of halogens is 4. The first-order chi connectivity index (χ1) is 7.79. The highest BCUT2D eigenvalue weighted by Gasteiger charge is 2.26. The predicted molar refractivity (Wildman–Crippen MR) is 60.2 cm³/mol. The molecule has 2 N–H and O–H groups in total. The molecule has 1 rings (SSSR count). The molecule has 0 aliphatic heterocycles. The number of rotatable bonds is 4. The van der Waals surface area contributed by atoms with Crippen LogP contribution < -0.4 is 10.5 Å². The molecule has 1 atom stereocenters. The third-order valence-corrected chi connectivity index (χ3v) is 2.42. The van der Waals surface area contributed by atoms with Crippen molar-refractivity contribution < 1.29 is 17.9 Å². The van der Waals surface area contributed by atoms with Gasteiger partial charge in [-0.05, 0) is 24.6 Å². The predicted octanol–water partition coefficient (Wildman–Crippen LogP) is 3.69. The summed E-state index contributed by atoms with van der Waals surface area (Å²) in [7, 11) is 0. The van der Waals surface area contributed by atoms with Gasteiger partial charge in [-0.1, -0.05) is 17.7 Å². The Morgan fingerprint density at radius 2 is 2.06 bits per heavy atom. The van der Waals surface area contributed by atoms with Gasteiger partial charge in [0.15, 0.2) is 0 Å². The summed E-state index contributed by atoms with van der Waals surface area (Å²) in [5.41, 5.74) is 6.45. The molecule has 0 saturated heterocycles. The highest BCUT2D eigenvalue weighted by atomic mass is 35.5. The second-order valence-corrected chi connectivity index (χ2v) is 4.10. The van der Waals surface area contributed by atoms with E-state index in [1.807, 2.05) is 0 Å². The van der Waals surface area contributed by atoms with Crippen LogP contribution in [0.15, 0.2) is 18.2 Å². The van der Waals surface area contributed by atoms with Gasteiger partial charge in [0.1, 0.15) is 5.75 Å². The van der Waals surface area contributed by atoms with Gasteiger partial charge in [-0.3, -0.25) is 0 Å². The Balaban J connectivity index is 2.61. The molecule has 0 fully saturated rings. The smallest absolute Gasteiger partial charge is 0.392 e. The number of ether oxygens (including phenoxy) is 1. The quantitative estimate of drug-likeness (QED) is 0.903. The van der Waals surface area contributed by atoms with Crippen LogP contribution in [0.3, 0.4) is 0 Å². The van der Waals surface area contributed by atoms with Crippen molar-refractivity contribution in [2.24, 2.45) is 5.73 Å². The highest BCUT2D eigenvalue weighted by molar-refractivity contribution is 6.32. The molecule has 1 aromatic rings. The molecule has 0 bridgehead atoms. The number of hydrogen-bond donors (Lipinski definition) is 1. The molecular weight excluding hydrogens is 255 g/mol. The SMILES string of the molecule is C[C@H](N)c1ccc(OCCC(F)(F)F)c(Cl)c1. The van der Waals surface area contributed by atoms with Gasteiger partial charge < -0.3 is 10.5 Å². The standard InChI is InChI=1S/C11H13ClF3NO/c1-7(16)8-2-3-10(9(12)6-8)17-5-4-11(13,14)15/h2-3,6-7H,4-5,16H2,1H3/t7-/m0/s1. The minimum Gasteiger partial charge on any atom is -0.492 e. The van der Waals surface area contributed by atoms with E-state index in [1.165, 1.54) is 6.07 Å². The van der Waals surface area contributed by atoms with Gasteiger partial charge in [0.25, 0.3) is 0 Å². The average Bonchev–Trinajstić information content (AvgIpc) is 2.18. The summed E-state index contributed by atoms with van der Waals surface area (Å²) in [5.74, 6) is 0.236. The zero-order chi connectivity index (χ0) is 13.1. The van der Waals surface area contributed by atoms with Crippen molar-refractivity contribution in [1.82, 2.24) is 0 Å². The summed E-state index contributed by atoms with van der Waals surface area (Å²) >= 11 is 5.86. The lowest BCUT2D eigenvalue weighted by atomic mass is 10.1. The van der Waals surface area contributed by atoms with Gasteiger partial charge in [0.2, 0.25) is 0 Å². The summed E-state index contributed by atoms with van der Waals surface area (Å²) in [6.07, 6.45) is -5.23. The second-order valence-electron chi connectivity index (χ2n) is 3.69. The summed E-state index contributed by atoms with van der Waals surface area (Å²) in [6, 6.07) is 4.61. The van der Waals surface area contributed by atoms with Crippen LogP contribution >= 0.6 is 11.6 Å². The molecule has 0 aromatic heterocycles. The maximum Gasteiger partial charge on any atom is 0.392 e. The van der Waals surface area contributed by atoms with E-state index in [0.717, 1.165) is 5.56 Å². The molecule has 0 spiro atoms. The molecule has 96 valence electrons. The molecular formula is C11H13ClF3NO. The van der Waals surface area contributed by atoms with Crippen LogP contribution in [-0.4, -0.2) is 12.8 Å². The Morgan fingerprint density at radius 3 is 2.53 bits per heavy atom. The van der Waals surface area contributed by atoms with Gasteiger partial charge in [-0.15, -0.1) is 0 Å². The van der Waals surface area contributed by atoms with Gasteiger partial charge in [-0.25, -0.2) is 0 Å². The molecule has 0 amide bonds. The second kappa shape index (κ2) is 5.60. The Bertz CT molecular complexity index is 379. The van der Waals surface area contributed by atoms with Crippen molar-refractivity contribution in [3.05, 3.63) is 28.8 Å². The third kappa shape index (κ3) is 4.83. The van der Waals surface area contributed by atoms with Crippen molar-refractivity contribution in [3.8, 4) is 5.75 Å². The molecule has 6 heteroatoms. The zero-order valence-electron chi connectivity index (χ0n) is 9.22. The van der Waals surface area contributed by atoms with Crippen LogP contribution in [0.2, 0.25) is 5.02 Å². The summed E-state index contributed by atoms with van der Waals surface area (Å²) in [4.78, 5) is 0. The molecule has 0 unspecified atom stereocenters.